The number of amidine groups is 1. The molecule has 0 spiro atoms. The number of aryl methyl sites for hydroxylation is 1. The van der Waals surface area contributed by atoms with Gasteiger partial charge >= 0.3 is 0 Å². The van der Waals surface area contributed by atoms with Gasteiger partial charge in [0, 0.05) is 23.8 Å². The minimum Gasteiger partial charge on any atom is -0.384 e. The summed E-state index contributed by atoms with van der Waals surface area (Å²) in [4.78, 5) is 2.53. The number of nitrogens with one attached hydrogen (secondary N) is 1. The molecule has 0 heterocycles. The third-order valence-electron chi connectivity index (χ3n) is 4.17. The highest BCUT2D eigenvalue weighted by atomic mass is 15.2. The van der Waals surface area contributed by atoms with Crippen LogP contribution in [0.5, 0.6) is 0 Å². The molecule has 1 saturated carbocycles. The maximum atomic E-state index is 7.51. The monoisotopic (exact) mass is 259 g/mol. The summed E-state index contributed by atoms with van der Waals surface area (Å²) in [6.45, 7) is 5.39. The summed E-state index contributed by atoms with van der Waals surface area (Å²) < 4.78 is 0. The van der Waals surface area contributed by atoms with Crippen LogP contribution in [-0.2, 0) is 0 Å². The third-order valence-corrected chi connectivity index (χ3v) is 4.17. The number of benzene rings is 1. The van der Waals surface area contributed by atoms with E-state index in [0.717, 1.165) is 12.1 Å². The van der Waals surface area contributed by atoms with Gasteiger partial charge in [0.1, 0.15) is 5.84 Å². The van der Waals surface area contributed by atoms with Crippen molar-refractivity contribution in [2.75, 3.05) is 11.4 Å². The highest BCUT2D eigenvalue weighted by molar-refractivity contribution is 5.95. The summed E-state index contributed by atoms with van der Waals surface area (Å²) in [5.74, 6) is 0.148. The molecule has 0 bridgehead atoms. The van der Waals surface area contributed by atoms with Crippen molar-refractivity contribution in [2.24, 2.45) is 5.73 Å². The molecule has 1 aliphatic carbocycles. The molecule has 0 unspecified atom stereocenters. The predicted molar refractivity (Wildman–Crippen MR) is 82.1 cm³/mol. The molecule has 1 aromatic carbocycles. The Labute approximate surface area is 116 Å². The molecule has 3 nitrogen and oxygen atoms in total. The maximum Gasteiger partial charge on any atom is 0.122 e. The Morgan fingerprint density at radius 1 is 1.32 bits per heavy atom. The first-order chi connectivity index (χ1) is 9.13. The molecular weight excluding hydrogens is 234 g/mol. The smallest absolute Gasteiger partial charge is 0.122 e. The molecule has 0 radical (unpaired) electrons. The summed E-state index contributed by atoms with van der Waals surface area (Å²) in [6.07, 6.45) is 6.71. The van der Waals surface area contributed by atoms with Crippen molar-refractivity contribution in [1.82, 2.24) is 0 Å². The normalized spacial score (nSPS) is 16.3. The van der Waals surface area contributed by atoms with Gasteiger partial charge in [-0.05, 0) is 50.5 Å². The van der Waals surface area contributed by atoms with Crippen molar-refractivity contribution < 1.29 is 0 Å². The van der Waals surface area contributed by atoms with Crippen LogP contribution in [0.2, 0.25) is 0 Å². The van der Waals surface area contributed by atoms with E-state index in [-0.39, 0.29) is 5.84 Å². The van der Waals surface area contributed by atoms with Crippen LogP contribution < -0.4 is 10.6 Å². The highest BCUT2D eigenvalue weighted by Crippen LogP contribution is 2.29. The summed E-state index contributed by atoms with van der Waals surface area (Å²) >= 11 is 0. The van der Waals surface area contributed by atoms with Gasteiger partial charge in [-0.1, -0.05) is 19.3 Å². The number of hydrogen-bond donors (Lipinski definition) is 2. The molecular formula is C16H25N3. The molecule has 1 aliphatic rings. The molecule has 1 fully saturated rings. The first-order valence-corrected chi connectivity index (χ1v) is 7.35. The summed E-state index contributed by atoms with van der Waals surface area (Å²) in [5.41, 5.74) is 8.90. The van der Waals surface area contributed by atoms with Gasteiger partial charge in [0.2, 0.25) is 0 Å². The van der Waals surface area contributed by atoms with E-state index < -0.39 is 0 Å². The van der Waals surface area contributed by atoms with Crippen molar-refractivity contribution in [2.45, 2.75) is 52.0 Å². The fourth-order valence-electron chi connectivity index (χ4n) is 3.16. The number of anilines is 1. The second-order valence-electron chi connectivity index (χ2n) is 5.49. The quantitative estimate of drug-likeness (QED) is 0.643. The maximum absolute atomic E-state index is 7.51. The predicted octanol–water partition coefficient (Wildman–Crippen LogP) is 3.44. The van der Waals surface area contributed by atoms with Crippen LogP contribution in [0.1, 0.15) is 50.2 Å². The molecule has 0 atom stereocenters. The van der Waals surface area contributed by atoms with E-state index in [2.05, 4.69) is 24.8 Å². The highest BCUT2D eigenvalue weighted by Gasteiger charge is 2.21. The lowest BCUT2D eigenvalue weighted by Gasteiger charge is -2.36. The Morgan fingerprint density at radius 3 is 2.53 bits per heavy atom. The molecule has 0 saturated heterocycles. The van der Waals surface area contributed by atoms with Crippen molar-refractivity contribution >= 4 is 11.5 Å². The number of rotatable bonds is 4. The molecule has 0 aliphatic heterocycles. The molecule has 104 valence electrons. The minimum absolute atomic E-state index is 0.148. The molecule has 1 aromatic rings. The lowest BCUT2D eigenvalue weighted by atomic mass is 9.93. The average molecular weight is 259 g/mol. The standard InChI is InChI=1S/C16H25N3/c1-3-19(14-7-5-4-6-8-14)15-10-9-13(16(17)18)11-12(15)2/h9-11,14H,3-8H2,1-2H3,(H3,17,18). The zero-order valence-corrected chi connectivity index (χ0v) is 12.1. The van der Waals surface area contributed by atoms with Gasteiger partial charge in [-0.2, -0.15) is 0 Å². The van der Waals surface area contributed by atoms with E-state index in [1.807, 2.05) is 12.1 Å². The van der Waals surface area contributed by atoms with Gasteiger partial charge < -0.3 is 10.6 Å². The zero-order valence-electron chi connectivity index (χ0n) is 12.1. The van der Waals surface area contributed by atoms with Gasteiger partial charge in [0.15, 0.2) is 0 Å². The number of nitrogens with zero attached hydrogens (tertiary/aromatic N) is 1. The summed E-state index contributed by atoms with van der Waals surface area (Å²) in [5, 5.41) is 7.51. The van der Waals surface area contributed by atoms with Crippen LogP contribution >= 0.6 is 0 Å². The Bertz CT molecular complexity index is 447. The Kier molecular flexibility index (Phi) is 4.46. The Morgan fingerprint density at radius 2 is 2.00 bits per heavy atom. The lowest BCUT2D eigenvalue weighted by Crippen LogP contribution is -2.37. The number of nitrogens with two attached hydrogens (primary N) is 1. The number of hydrogen-bond acceptors (Lipinski definition) is 2. The first kappa shape index (κ1) is 13.9. The SMILES string of the molecule is CCN(c1ccc(C(=N)N)cc1C)C1CCCCC1. The van der Waals surface area contributed by atoms with E-state index in [9.17, 15) is 0 Å². The summed E-state index contributed by atoms with van der Waals surface area (Å²) in [6, 6.07) is 6.81. The Balaban J connectivity index is 2.24. The molecule has 0 amide bonds. The molecule has 19 heavy (non-hydrogen) atoms. The van der Waals surface area contributed by atoms with Crippen molar-refractivity contribution in [3.05, 3.63) is 29.3 Å². The van der Waals surface area contributed by atoms with Crippen LogP contribution in [-0.4, -0.2) is 18.4 Å². The molecule has 0 aromatic heterocycles. The van der Waals surface area contributed by atoms with Gasteiger partial charge in [-0.3, -0.25) is 5.41 Å². The summed E-state index contributed by atoms with van der Waals surface area (Å²) in [7, 11) is 0. The van der Waals surface area contributed by atoms with Crippen LogP contribution in [0.3, 0.4) is 0 Å². The van der Waals surface area contributed by atoms with E-state index in [1.165, 1.54) is 43.4 Å². The van der Waals surface area contributed by atoms with E-state index in [4.69, 9.17) is 11.1 Å². The van der Waals surface area contributed by atoms with Crippen molar-refractivity contribution in [3.63, 3.8) is 0 Å². The fraction of sp³-hybridized carbons (Fsp3) is 0.562. The molecule has 2 rings (SSSR count). The fourth-order valence-corrected chi connectivity index (χ4v) is 3.16. The van der Waals surface area contributed by atoms with Crippen LogP contribution in [0.15, 0.2) is 18.2 Å². The second-order valence-corrected chi connectivity index (χ2v) is 5.49. The van der Waals surface area contributed by atoms with Crippen molar-refractivity contribution in [3.8, 4) is 0 Å². The number of nitrogen functional groups attached to an aromatic ring is 1. The zero-order chi connectivity index (χ0) is 13.8. The average Bonchev–Trinajstić information content (AvgIpc) is 2.42. The van der Waals surface area contributed by atoms with Gasteiger partial charge in [0.05, 0.1) is 0 Å². The first-order valence-electron chi connectivity index (χ1n) is 7.35. The van der Waals surface area contributed by atoms with Crippen molar-refractivity contribution in [1.29, 1.82) is 5.41 Å². The van der Waals surface area contributed by atoms with Crippen LogP contribution in [0.25, 0.3) is 0 Å². The Hall–Kier alpha value is -1.51. The largest absolute Gasteiger partial charge is 0.384 e. The van der Waals surface area contributed by atoms with Crippen LogP contribution in [0.4, 0.5) is 5.69 Å². The van der Waals surface area contributed by atoms with Gasteiger partial charge in [-0.15, -0.1) is 0 Å². The van der Waals surface area contributed by atoms with E-state index in [0.29, 0.717) is 6.04 Å². The topological polar surface area (TPSA) is 53.1 Å². The molecule has 3 heteroatoms. The minimum atomic E-state index is 0.148. The lowest BCUT2D eigenvalue weighted by molar-refractivity contribution is 0.418. The second kappa shape index (κ2) is 6.09. The van der Waals surface area contributed by atoms with E-state index in [1.54, 1.807) is 0 Å². The van der Waals surface area contributed by atoms with Crippen LogP contribution in [0, 0.1) is 12.3 Å². The van der Waals surface area contributed by atoms with Gasteiger partial charge in [-0.25, -0.2) is 0 Å². The third kappa shape index (κ3) is 3.09. The van der Waals surface area contributed by atoms with Gasteiger partial charge in [0.25, 0.3) is 0 Å². The van der Waals surface area contributed by atoms with E-state index >= 15 is 0 Å². The molecule has 3 N–H and O–H groups in total.